The van der Waals surface area contributed by atoms with E-state index < -0.39 is 0 Å². The van der Waals surface area contributed by atoms with Gasteiger partial charge >= 0.3 is 0 Å². The van der Waals surface area contributed by atoms with Gasteiger partial charge in [0.05, 0.1) is 0 Å². The van der Waals surface area contributed by atoms with Crippen molar-refractivity contribution in [3.8, 4) is 0 Å². The first-order valence-electron chi connectivity index (χ1n) is 8.89. The van der Waals surface area contributed by atoms with Crippen LogP contribution < -0.4 is 5.73 Å². The van der Waals surface area contributed by atoms with Gasteiger partial charge in [0.2, 0.25) is 0 Å². The molecule has 3 nitrogen and oxygen atoms in total. The summed E-state index contributed by atoms with van der Waals surface area (Å²) in [5, 5.41) is 0. The molecule has 2 heterocycles. The maximum Gasteiger partial charge on any atom is 0.0304 e. The average molecular weight is 281 g/mol. The van der Waals surface area contributed by atoms with Crippen LogP contribution in [0, 0.1) is 0 Å². The van der Waals surface area contributed by atoms with Gasteiger partial charge in [-0.15, -0.1) is 0 Å². The number of nitrogens with zero attached hydrogens (tertiary/aromatic N) is 2. The minimum absolute atomic E-state index is 0.233. The van der Waals surface area contributed by atoms with Gasteiger partial charge in [-0.3, -0.25) is 9.80 Å². The summed E-state index contributed by atoms with van der Waals surface area (Å²) >= 11 is 0. The van der Waals surface area contributed by atoms with Crippen molar-refractivity contribution in [1.29, 1.82) is 0 Å². The van der Waals surface area contributed by atoms with Crippen LogP contribution in [0.2, 0.25) is 0 Å². The molecular weight excluding hydrogens is 246 g/mol. The highest BCUT2D eigenvalue weighted by Gasteiger charge is 2.37. The first-order chi connectivity index (χ1) is 9.69. The summed E-state index contributed by atoms with van der Waals surface area (Å²) in [7, 11) is 0. The lowest BCUT2D eigenvalue weighted by atomic mass is 9.89. The molecule has 2 aliphatic heterocycles. The minimum atomic E-state index is 0.233. The van der Waals surface area contributed by atoms with E-state index in [0.717, 1.165) is 12.6 Å². The van der Waals surface area contributed by atoms with Gasteiger partial charge in [0, 0.05) is 37.8 Å². The fourth-order valence-corrected chi connectivity index (χ4v) is 3.97. The molecule has 2 fully saturated rings. The van der Waals surface area contributed by atoms with Crippen molar-refractivity contribution in [3.63, 3.8) is 0 Å². The second-order valence-electron chi connectivity index (χ2n) is 7.14. The molecule has 2 unspecified atom stereocenters. The Bertz CT molecular complexity index is 281. The van der Waals surface area contributed by atoms with Crippen molar-refractivity contribution >= 4 is 0 Å². The Kier molecular flexibility index (Phi) is 6.31. The summed E-state index contributed by atoms with van der Waals surface area (Å²) in [4.78, 5) is 5.43. The first-order valence-corrected chi connectivity index (χ1v) is 8.89. The molecule has 3 heteroatoms. The second kappa shape index (κ2) is 7.77. The van der Waals surface area contributed by atoms with E-state index in [1.165, 1.54) is 77.5 Å². The van der Waals surface area contributed by atoms with Crippen LogP contribution >= 0.6 is 0 Å². The van der Waals surface area contributed by atoms with Crippen LogP contribution in [0.4, 0.5) is 0 Å². The van der Waals surface area contributed by atoms with Crippen LogP contribution in [0.5, 0.6) is 0 Å². The van der Waals surface area contributed by atoms with Crippen LogP contribution in [0.25, 0.3) is 0 Å². The molecule has 0 aromatic rings. The predicted octanol–water partition coefficient (Wildman–Crippen LogP) is 2.84. The number of hydrogen-bond acceptors (Lipinski definition) is 3. The molecule has 20 heavy (non-hydrogen) atoms. The zero-order chi connectivity index (χ0) is 14.4. The number of hydrogen-bond donors (Lipinski definition) is 1. The van der Waals surface area contributed by atoms with Crippen molar-refractivity contribution in [1.82, 2.24) is 9.80 Å². The van der Waals surface area contributed by atoms with E-state index in [4.69, 9.17) is 5.73 Å². The third kappa shape index (κ3) is 3.96. The van der Waals surface area contributed by atoms with Crippen molar-refractivity contribution in [3.05, 3.63) is 0 Å². The standard InChI is InChI=1S/C17H35N3/c1-3-4-5-7-10-17(2,15-18)20-13-12-19-11-8-6-9-16(19)14-20/h16H,3-15,18H2,1-2H3. The average Bonchev–Trinajstić information content (AvgIpc) is 2.51. The first kappa shape index (κ1) is 16.3. The van der Waals surface area contributed by atoms with E-state index in [1.54, 1.807) is 0 Å². The summed E-state index contributed by atoms with van der Waals surface area (Å²) in [6, 6.07) is 0.805. The van der Waals surface area contributed by atoms with E-state index >= 15 is 0 Å². The molecule has 0 radical (unpaired) electrons. The number of unbranched alkanes of at least 4 members (excludes halogenated alkanes) is 3. The molecule has 0 amide bonds. The maximum absolute atomic E-state index is 6.17. The number of rotatable bonds is 7. The highest BCUT2D eigenvalue weighted by Crippen LogP contribution is 2.28. The van der Waals surface area contributed by atoms with Crippen LogP contribution in [-0.2, 0) is 0 Å². The highest BCUT2D eigenvalue weighted by atomic mass is 15.3. The molecule has 0 bridgehead atoms. The molecule has 2 rings (SSSR count). The van der Waals surface area contributed by atoms with Crippen molar-refractivity contribution in [2.75, 3.05) is 32.7 Å². The Balaban J connectivity index is 1.86. The molecule has 118 valence electrons. The van der Waals surface area contributed by atoms with E-state index in [0.29, 0.717) is 0 Å². The van der Waals surface area contributed by atoms with Crippen LogP contribution in [-0.4, -0.2) is 54.1 Å². The number of piperidine rings is 1. The summed E-state index contributed by atoms with van der Waals surface area (Å²) in [6.45, 7) is 10.6. The Morgan fingerprint density at radius 1 is 1.10 bits per heavy atom. The van der Waals surface area contributed by atoms with Crippen LogP contribution in [0.1, 0.15) is 65.2 Å². The normalized spacial score (nSPS) is 28.1. The van der Waals surface area contributed by atoms with Crippen molar-refractivity contribution in [2.24, 2.45) is 5.73 Å². The van der Waals surface area contributed by atoms with E-state index in [9.17, 15) is 0 Å². The van der Waals surface area contributed by atoms with Gasteiger partial charge < -0.3 is 5.73 Å². The number of piperazine rings is 1. The number of fused-ring (bicyclic) bond motifs is 1. The van der Waals surface area contributed by atoms with Gasteiger partial charge in [0.25, 0.3) is 0 Å². The summed E-state index contributed by atoms with van der Waals surface area (Å²) in [6.07, 6.45) is 10.9. The van der Waals surface area contributed by atoms with Crippen LogP contribution in [0.15, 0.2) is 0 Å². The van der Waals surface area contributed by atoms with Gasteiger partial charge in [-0.2, -0.15) is 0 Å². The lowest BCUT2D eigenvalue weighted by molar-refractivity contribution is -0.00826. The lowest BCUT2D eigenvalue weighted by Gasteiger charge is -2.50. The Hall–Kier alpha value is -0.120. The van der Waals surface area contributed by atoms with Gasteiger partial charge in [-0.1, -0.05) is 39.0 Å². The van der Waals surface area contributed by atoms with Gasteiger partial charge in [-0.25, -0.2) is 0 Å². The summed E-state index contributed by atoms with van der Waals surface area (Å²) < 4.78 is 0. The largest absolute Gasteiger partial charge is 0.329 e. The molecule has 0 spiro atoms. The van der Waals surface area contributed by atoms with Crippen LogP contribution in [0.3, 0.4) is 0 Å². The predicted molar refractivity (Wildman–Crippen MR) is 87.0 cm³/mol. The molecule has 0 aliphatic carbocycles. The van der Waals surface area contributed by atoms with Crippen molar-refractivity contribution in [2.45, 2.75) is 76.8 Å². The summed E-state index contributed by atoms with van der Waals surface area (Å²) in [5.41, 5.74) is 6.40. The molecule has 0 aromatic carbocycles. The smallest absolute Gasteiger partial charge is 0.0304 e. The van der Waals surface area contributed by atoms with Gasteiger partial charge in [0.1, 0.15) is 0 Å². The Labute approximate surface area is 125 Å². The van der Waals surface area contributed by atoms with Crippen molar-refractivity contribution < 1.29 is 0 Å². The molecular formula is C17H35N3. The third-order valence-electron chi connectivity index (χ3n) is 5.61. The fourth-order valence-electron chi connectivity index (χ4n) is 3.97. The highest BCUT2D eigenvalue weighted by molar-refractivity contribution is 4.94. The SMILES string of the molecule is CCCCCCC(C)(CN)N1CCN2CCCCC2C1. The monoisotopic (exact) mass is 281 g/mol. The topological polar surface area (TPSA) is 32.5 Å². The maximum atomic E-state index is 6.17. The fraction of sp³-hybridized carbons (Fsp3) is 1.00. The quantitative estimate of drug-likeness (QED) is 0.728. The van der Waals surface area contributed by atoms with E-state index in [1.807, 2.05) is 0 Å². The Morgan fingerprint density at radius 3 is 2.70 bits per heavy atom. The lowest BCUT2D eigenvalue weighted by Crippen LogP contribution is -2.62. The Morgan fingerprint density at radius 2 is 1.95 bits per heavy atom. The van der Waals surface area contributed by atoms with Gasteiger partial charge in [-0.05, 0) is 32.7 Å². The zero-order valence-corrected chi connectivity index (χ0v) is 13.7. The number of nitrogens with two attached hydrogens (primary N) is 1. The molecule has 2 saturated heterocycles. The van der Waals surface area contributed by atoms with Gasteiger partial charge in [0.15, 0.2) is 0 Å². The summed E-state index contributed by atoms with van der Waals surface area (Å²) in [5.74, 6) is 0. The second-order valence-corrected chi connectivity index (χ2v) is 7.14. The zero-order valence-electron chi connectivity index (χ0n) is 13.7. The third-order valence-corrected chi connectivity index (χ3v) is 5.61. The van der Waals surface area contributed by atoms with E-state index in [-0.39, 0.29) is 5.54 Å². The molecule has 0 aromatic heterocycles. The molecule has 2 aliphatic rings. The minimum Gasteiger partial charge on any atom is -0.329 e. The molecule has 0 saturated carbocycles. The molecule has 2 atom stereocenters. The molecule has 2 N–H and O–H groups in total. The van der Waals surface area contributed by atoms with E-state index in [2.05, 4.69) is 23.6 Å².